The molecule has 8 heteroatoms. The fourth-order valence-electron chi connectivity index (χ4n) is 2.44. The largest absolute Gasteiger partial charge is 0.457 e. The van der Waals surface area contributed by atoms with Gasteiger partial charge in [0.25, 0.3) is 5.91 Å². The smallest absolute Gasteiger partial charge is 0.416 e. The van der Waals surface area contributed by atoms with E-state index >= 15 is 0 Å². The number of alkyl halides is 3. The van der Waals surface area contributed by atoms with Gasteiger partial charge < -0.3 is 9.73 Å². The van der Waals surface area contributed by atoms with Crippen molar-refractivity contribution in [3.63, 3.8) is 0 Å². The van der Waals surface area contributed by atoms with Crippen molar-refractivity contribution < 1.29 is 27.2 Å². The maximum absolute atomic E-state index is 12.8. The molecule has 0 saturated carbocycles. The van der Waals surface area contributed by atoms with Crippen LogP contribution in [0.2, 0.25) is 0 Å². The summed E-state index contributed by atoms with van der Waals surface area (Å²) in [4.78, 5) is 24.8. The van der Waals surface area contributed by atoms with Crippen LogP contribution in [0.4, 0.5) is 18.0 Å². The van der Waals surface area contributed by atoms with Crippen LogP contribution in [0.25, 0.3) is 17.4 Å². The van der Waals surface area contributed by atoms with Gasteiger partial charge in [-0.2, -0.15) is 13.2 Å². The van der Waals surface area contributed by atoms with Crippen molar-refractivity contribution in [1.82, 2.24) is 10.2 Å². The molecule has 1 saturated heterocycles. The molecule has 3 amide bonds. The Morgan fingerprint density at radius 3 is 2.65 bits per heavy atom. The van der Waals surface area contributed by atoms with Gasteiger partial charge in [-0.1, -0.05) is 18.2 Å². The second kappa shape index (κ2) is 6.55. The van der Waals surface area contributed by atoms with Gasteiger partial charge in [0.05, 0.1) is 5.56 Å². The predicted molar refractivity (Wildman–Crippen MR) is 87.6 cm³/mol. The fourth-order valence-corrected chi connectivity index (χ4v) is 2.44. The van der Waals surface area contributed by atoms with Crippen molar-refractivity contribution in [2.45, 2.75) is 6.18 Å². The van der Waals surface area contributed by atoms with Crippen molar-refractivity contribution in [3.8, 4) is 11.3 Å². The number of nitrogens with zero attached hydrogens (tertiary/aromatic N) is 1. The minimum Gasteiger partial charge on any atom is -0.457 e. The third-order valence-corrected chi connectivity index (χ3v) is 3.66. The number of imide groups is 1. The summed E-state index contributed by atoms with van der Waals surface area (Å²) in [6.07, 6.45) is -1.72. The summed E-state index contributed by atoms with van der Waals surface area (Å²) in [5, 5.41) is 2.41. The molecule has 0 bridgehead atoms. The molecule has 0 aliphatic carbocycles. The number of urea groups is 1. The van der Waals surface area contributed by atoms with Crippen LogP contribution in [-0.4, -0.2) is 23.4 Å². The third-order valence-electron chi connectivity index (χ3n) is 3.66. The average molecular weight is 362 g/mol. The van der Waals surface area contributed by atoms with Crippen LogP contribution in [0.1, 0.15) is 11.3 Å². The molecule has 0 spiro atoms. The molecule has 0 radical (unpaired) electrons. The molecule has 2 heterocycles. The number of halogens is 3. The summed E-state index contributed by atoms with van der Waals surface area (Å²) in [7, 11) is 0. The van der Waals surface area contributed by atoms with E-state index in [0.717, 1.165) is 17.0 Å². The van der Waals surface area contributed by atoms with Crippen molar-refractivity contribution in [3.05, 3.63) is 66.1 Å². The molecule has 0 atom stereocenters. The zero-order valence-electron chi connectivity index (χ0n) is 13.3. The van der Waals surface area contributed by atoms with Crippen molar-refractivity contribution in [1.29, 1.82) is 0 Å². The average Bonchev–Trinajstić information content (AvgIpc) is 3.15. The van der Waals surface area contributed by atoms with E-state index in [4.69, 9.17) is 4.42 Å². The highest BCUT2D eigenvalue weighted by Gasteiger charge is 2.33. The Balaban J connectivity index is 1.86. The normalized spacial score (nSPS) is 16.3. The molecule has 1 aromatic carbocycles. The number of furan rings is 1. The van der Waals surface area contributed by atoms with E-state index in [9.17, 15) is 22.8 Å². The fraction of sp³-hybridized carbons (Fsp3) is 0.111. The van der Waals surface area contributed by atoms with Gasteiger partial charge in [0, 0.05) is 18.2 Å². The molecule has 1 aliphatic heterocycles. The number of benzene rings is 1. The van der Waals surface area contributed by atoms with E-state index in [1.165, 1.54) is 36.4 Å². The van der Waals surface area contributed by atoms with E-state index in [1.54, 1.807) is 0 Å². The quantitative estimate of drug-likeness (QED) is 0.507. The molecule has 0 unspecified atom stereocenters. The van der Waals surface area contributed by atoms with Crippen molar-refractivity contribution >= 4 is 18.0 Å². The summed E-state index contributed by atoms with van der Waals surface area (Å²) in [6.45, 7) is 3.54. The maximum Gasteiger partial charge on any atom is 0.416 e. The number of carbonyl (C=O) groups excluding carboxylic acids is 2. The van der Waals surface area contributed by atoms with Gasteiger partial charge >= 0.3 is 12.2 Å². The molecule has 26 heavy (non-hydrogen) atoms. The Morgan fingerprint density at radius 1 is 1.19 bits per heavy atom. The second-order valence-electron chi connectivity index (χ2n) is 5.47. The molecule has 2 aromatic rings. The van der Waals surface area contributed by atoms with E-state index in [-0.39, 0.29) is 29.3 Å². The Labute approximate surface area is 146 Å². The lowest BCUT2D eigenvalue weighted by atomic mass is 10.1. The molecular formula is C18H13F3N2O3. The number of amides is 3. The number of nitrogens with one attached hydrogen (secondary N) is 1. The summed E-state index contributed by atoms with van der Waals surface area (Å²) in [5.41, 5.74) is -0.522. The highest BCUT2D eigenvalue weighted by atomic mass is 19.4. The first-order chi connectivity index (χ1) is 12.3. The van der Waals surface area contributed by atoms with E-state index in [2.05, 4.69) is 11.9 Å². The first-order valence-corrected chi connectivity index (χ1v) is 7.52. The van der Waals surface area contributed by atoms with E-state index < -0.39 is 23.7 Å². The molecule has 3 rings (SSSR count). The first kappa shape index (κ1) is 17.5. The number of rotatable bonds is 4. The zero-order valence-corrected chi connectivity index (χ0v) is 13.3. The standard InChI is InChI=1S/C18H13F3N2O3/c1-2-8-23-16(24)14(22-17(23)25)10-13-6-7-15(26-13)11-4-3-5-12(9-11)18(19,20)21/h2-7,9-10H,1,8H2,(H,22,25)/b14-10+. The molecule has 5 nitrogen and oxygen atoms in total. The van der Waals surface area contributed by atoms with Crippen LogP contribution in [0.3, 0.4) is 0 Å². The lowest BCUT2D eigenvalue weighted by Crippen LogP contribution is -2.30. The zero-order chi connectivity index (χ0) is 18.9. The predicted octanol–water partition coefficient (Wildman–Crippen LogP) is 4.04. The Morgan fingerprint density at radius 2 is 1.96 bits per heavy atom. The van der Waals surface area contributed by atoms with Crippen LogP contribution >= 0.6 is 0 Å². The Kier molecular flexibility index (Phi) is 4.41. The van der Waals surface area contributed by atoms with Gasteiger partial charge in [-0.15, -0.1) is 6.58 Å². The molecular weight excluding hydrogens is 349 g/mol. The first-order valence-electron chi connectivity index (χ1n) is 7.52. The van der Waals surface area contributed by atoms with E-state index in [1.807, 2.05) is 0 Å². The van der Waals surface area contributed by atoms with Crippen molar-refractivity contribution in [2.24, 2.45) is 0 Å². The van der Waals surface area contributed by atoms with E-state index in [0.29, 0.717) is 0 Å². The van der Waals surface area contributed by atoms with Gasteiger partial charge in [0.2, 0.25) is 0 Å². The van der Waals surface area contributed by atoms with Gasteiger partial charge in [-0.25, -0.2) is 4.79 Å². The lowest BCUT2D eigenvalue weighted by molar-refractivity contribution is -0.137. The summed E-state index contributed by atoms with van der Waals surface area (Å²) in [5.74, 6) is -0.101. The third kappa shape index (κ3) is 3.39. The maximum atomic E-state index is 12.8. The highest BCUT2D eigenvalue weighted by molar-refractivity contribution is 6.13. The molecule has 1 N–H and O–H groups in total. The molecule has 134 valence electrons. The Bertz CT molecular complexity index is 912. The van der Waals surface area contributed by atoms with Crippen LogP contribution in [0, 0.1) is 0 Å². The van der Waals surface area contributed by atoms with Crippen LogP contribution < -0.4 is 5.32 Å². The van der Waals surface area contributed by atoms with Gasteiger partial charge in [-0.3, -0.25) is 9.69 Å². The van der Waals surface area contributed by atoms with Crippen molar-refractivity contribution in [2.75, 3.05) is 6.54 Å². The summed E-state index contributed by atoms with van der Waals surface area (Å²) < 4.78 is 43.9. The van der Waals surface area contributed by atoms with Crippen LogP contribution in [0.15, 0.2) is 59.2 Å². The summed E-state index contributed by atoms with van der Waals surface area (Å²) >= 11 is 0. The Hall–Kier alpha value is -3.29. The lowest BCUT2D eigenvalue weighted by Gasteiger charge is -2.07. The summed E-state index contributed by atoms with van der Waals surface area (Å²) in [6, 6.07) is 7.13. The SMILES string of the molecule is C=CCN1C(=O)N/C(=C/c2ccc(-c3cccc(C(F)(F)F)c3)o2)C1=O. The molecule has 1 fully saturated rings. The minimum absolute atomic E-state index is 0.0155. The van der Waals surface area contributed by atoms with Crippen LogP contribution in [-0.2, 0) is 11.0 Å². The monoisotopic (exact) mass is 362 g/mol. The topological polar surface area (TPSA) is 62.6 Å². The van der Waals surface area contributed by atoms with Crippen LogP contribution in [0.5, 0.6) is 0 Å². The number of hydrogen-bond donors (Lipinski definition) is 1. The highest BCUT2D eigenvalue weighted by Crippen LogP contribution is 2.33. The molecule has 1 aromatic heterocycles. The van der Waals surface area contributed by atoms with Gasteiger partial charge in [-0.05, 0) is 24.3 Å². The minimum atomic E-state index is -4.46. The van der Waals surface area contributed by atoms with Gasteiger partial charge in [0.1, 0.15) is 17.2 Å². The number of hydrogen-bond acceptors (Lipinski definition) is 3. The second-order valence-corrected chi connectivity index (χ2v) is 5.47. The molecule has 1 aliphatic rings. The number of carbonyl (C=O) groups is 2. The van der Waals surface area contributed by atoms with Gasteiger partial charge in [0.15, 0.2) is 0 Å².